The Hall–Kier alpha value is -2.68. The van der Waals surface area contributed by atoms with E-state index in [0.29, 0.717) is 5.92 Å². The third-order valence-corrected chi connectivity index (χ3v) is 6.74. The van der Waals surface area contributed by atoms with Gasteiger partial charge in [-0.15, -0.1) is 0 Å². The molecular weight excluding hydrogens is 609 g/mol. The van der Waals surface area contributed by atoms with Crippen molar-refractivity contribution in [2.45, 2.75) is 33.2 Å². The van der Waals surface area contributed by atoms with Gasteiger partial charge in [0.2, 0.25) is 11.4 Å². The first-order valence-electron chi connectivity index (χ1n) is 14.2. The number of nitrogens with zero attached hydrogens (tertiary/aromatic N) is 3. The van der Waals surface area contributed by atoms with E-state index in [9.17, 15) is 0 Å². The molecule has 214 valence electrons. The van der Waals surface area contributed by atoms with Crippen LogP contribution in [0.3, 0.4) is 0 Å². The van der Waals surface area contributed by atoms with Gasteiger partial charge in [-0.1, -0.05) is 38.1 Å². The molecule has 0 fully saturated rings. The molecule has 0 amide bonds. The second kappa shape index (κ2) is 17.2. The molecule has 3 rings (SSSR count). The topological polar surface area (TPSA) is 28.8 Å². The number of ether oxygens (including phenoxy) is 2. The lowest BCUT2D eigenvalue weighted by atomic mass is 10.1. The summed E-state index contributed by atoms with van der Waals surface area (Å²) in [7, 11) is 6.24. The van der Waals surface area contributed by atoms with Crippen molar-refractivity contribution in [3.8, 4) is 11.5 Å². The van der Waals surface area contributed by atoms with Gasteiger partial charge in [-0.25, -0.2) is 0 Å². The summed E-state index contributed by atoms with van der Waals surface area (Å²) in [5.41, 5.74) is 4.67. The monoisotopic (exact) mass is 654 g/mol. The summed E-state index contributed by atoms with van der Waals surface area (Å²) in [4.78, 5) is 2.18. The number of hydrogen-bond acceptors (Lipinski definition) is 4. The SMILES string of the molecule is CC(C)C[n+]1c(/C=C/c2ccc(OCCCN(C)C)cc2)cccc1/C=C/c1ccc(OCCCN(C)I)cc1. The lowest BCUT2D eigenvalue weighted by Gasteiger charge is -2.10. The van der Waals surface area contributed by atoms with Gasteiger partial charge < -0.3 is 14.4 Å². The van der Waals surface area contributed by atoms with Gasteiger partial charge in [0.15, 0.2) is 6.54 Å². The van der Waals surface area contributed by atoms with Crippen molar-refractivity contribution in [1.82, 2.24) is 8.01 Å². The normalized spacial score (nSPS) is 11.9. The average Bonchev–Trinajstić information content (AvgIpc) is 2.93. The van der Waals surface area contributed by atoms with E-state index in [1.165, 1.54) is 11.4 Å². The fourth-order valence-corrected chi connectivity index (χ4v) is 4.54. The van der Waals surface area contributed by atoms with Crippen LogP contribution in [0.25, 0.3) is 24.3 Å². The van der Waals surface area contributed by atoms with E-state index in [0.717, 1.165) is 68.3 Å². The first-order chi connectivity index (χ1) is 19.3. The van der Waals surface area contributed by atoms with Gasteiger partial charge in [-0.05, 0) is 87.6 Å². The zero-order chi connectivity index (χ0) is 28.7. The van der Waals surface area contributed by atoms with E-state index in [1.54, 1.807) is 0 Å². The van der Waals surface area contributed by atoms with Crippen molar-refractivity contribution < 1.29 is 14.0 Å². The molecule has 6 heteroatoms. The summed E-state index contributed by atoms with van der Waals surface area (Å²) >= 11 is 2.30. The Kier molecular flexibility index (Phi) is 13.7. The van der Waals surface area contributed by atoms with Crippen molar-refractivity contribution in [2.75, 3.05) is 47.4 Å². The molecule has 0 saturated heterocycles. The predicted molar refractivity (Wildman–Crippen MR) is 178 cm³/mol. The maximum Gasteiger partial charge on any atom is 0.205 e. The summed E-state index contributed by atoms with van der Waals surface area (Å²) in [6.45, 7) is 8.97. The third kappa shape index (κ3) is 11.8. The number of benzene rings is 2. The maximum absolute atomic E-state index is 5.88. The first-order valence-corrected chi connectivity index (χ1v) is 15.1. The fraction of sp³-hybridized carbons (Fsp3) is 0.382. The van der Waals surface area contributed by atoms with Gasteiger partial charge in [-0.2, -0.15) is 4.57 Å². The molecular formula is C34H45IN3O2+. The van der Waals surface area contributed by atoms with Crippen LogP contribution in [-0.4, -0.2) is 55.5 Å². The van der Waals surface area contributed by atoms with Crippen molar-refractivity contribution in [3.63, 3.8) is 0 Å². The molecule has 0 unspecified atom stereocenters. The van der Waals surface area contributed by atoms with E-state index in [-0.39, 0.29) is 0 Å². The van der Waals surface area contributed by atoms with E-state index >= 15 is 0 Å². The minimum absolute atomic E-state index is 0.527. The quantitative estimate of drug-likeness (QED) is 0.0700. The van der Waals surface area contributed by atoms with Crippen LogP contribution in [0, 0.1) is 5.92 Å². The predicted octanol–water partition coefficient (Wildman–Crippen LogP) is 7.35. The molecule has 2 aromatic carbocycles. The van der Waals surface area contributed by atoms with Gasteiger partial charge in [0.25, 0.3) is 0 Å². The van der Waals surface area contributed by atoms with Crippen LogP contribution in [0.15, 0.2) is 66.7 Å². The van der Waals surface area contributed by atoms with E-state index in [4.69, 9.17) is 9.47 Å². The molecule has 1 heterocycles. The standard InChI is InChI=1S/C34H45IN3O2/c1-28(2)27-38-31(17-11-29-13-19-33(20-14-29)39-25-7-23-36(3)4)9-6-10-32(38)18-12-30-15-21-34(22-16-30)40-26-8-24-37(5)35/h6,9-22,28H,7-8,23-27H2,1-5H3/q+1/b17-11+,18-12+. The molecule has 0 aliphatic rings. The summed E-state index contributed by atoms with van der Waals surface area (Å²) in [6.07, 6.45) is 10.8. The summed E-state index contributed by atoms with van der Waals surface area (Å²) < 4.78 is 16.3. The van der Waals surface area contributed by atoms with Crippen LogP contribution in [0.2, 0.25) is 0 Å². The Balaban J connectivity index is 1.66. The van der Waals surface area contributed by atoms with E-state index in [2.05, 4.69) is 161 Å². The van der Waals surface area contributed by atoms with Crippen molar-refractivity contribution in [1.29, 1.82) is 0 Å². The lowest BCUT2D eigenvalue weighted by molar-refractivity contribution is -0.705. The number of pyridine rings is 1. The zero-order valence-corrected chi connectivity index (χ0v) is 26.9. The highest BCUT2D eigenvalue weighted by Gasteiger charge is 2.14. The summed E-state index contributed by atoms with van der Waals surface area (Å²) in [6, 6.07) is 23.2. The van der Waals surface area contributed by atoms with Crippen LogP contribution < -0.4 is 14.0 Å². The second-order valence-electron chi connectivity index (χ2n) is 10.7. The molecule has 40 heavy (non-hydrogen) atoms. The van der Waals surface area contributed by atoms with Crippen LogP contribution in [0.5, 0.6) is 11.5 Å². The Labute approximate surface area is 255 Å². The van der Waals surface area contributed by atoms with E-state index in [1.807, 2.05) is 0 Å². The Morgan fingerprint density at radius 1 is 0.700 bits per heavy atom. The fourth-order valence-electron chi connectivity index (χ4n) is 4.20. The summed E-state index contributed by atoms with van der Waals surface area (Å²) in [5, 5.41) is 0. The molecule has 0 N–H and O–H groups in total. The van der Waals surface area contributed by atoms with Crippen molar-refractivity contribution in [3.05, 3.63) is 89.2 Å². The molecule has 5 nitrogen and oxygen atoms in total. The molecule has 0 bridgehead atoms. The number of halogens is 1. The number of aromatic nitrogens is 1. The van der Waals surface area contributed by atoms with Crippen molar-refractivity contribution in [2.24, 2.45) is 5.92 Å². The minimum Gasteiger partial charge on any atom is -0.494 e. The highest BCUT2D eigenvalue weighted by atomic mass is 127. The highest BCUT2D eigenvalue weighted by Crippen LogP contribution is 2.17. The van der Waals surface area contributed by atoms with Crippen LogP contribution in [-0.2, 0) is 6.54 Å². The van der Waals surface area contributed by atoms with Gasteiger partial charge in [0, 0.05) is 66.2 Å². The van der Waals surface area contributed by atoms with Gasteiger partial charge in [0.05, 0.1) is 13.2 Å². The van der Waals surface area contributed by atoms with Gasteiger partial charge >= 0.3 is 0 Å². The molecule has 0 radical (unpaired) electrons. The third-order valence-electron chi connectivity index (χ3n) is 6.26. The molecule has 0 spiro atoms. The van der Waals surface area contributed by atoms with Gasteiger partial charge in [0.1, 0.15) is 11.5 Å². The average molecular weight is 655 g/mol. The zero-order valence-electron chi connectivity index (χ0n) is 24.7. The van der Waals surface area contributed by atoms with Crippen LogP contribution in [0.4, 0.5) is 0 Å². The smallest absolute Gasteiger partial charge is 0.205 e. The Morgan fingerprint density at radius 2 is 1.18 bits per heavy atom. The van der Waals surface area contributed by atoms with E-state index < -0.39 is 0 Å². The van der Waals surface area contributed by atoms with Crippen LogP contribution >= 0.6 is 22.9 Å². The molecule has 0 saturated carbocycles. The Morgan fingerprint density at radius 3 is 1.60 bits per heavy atom. The summed E-state index contributed by atoms with van der Waals surface area (Å²) in [5.74, 6) is 2.36. The molecule has 0 aliphatic heterocycles. The molecule has 1 aromatic heterocycles. The molecule has 3 aromatic rings. The Bertz CT molecular complexity index is 1120. The number of rotatable bonds is 16. The highest BCUT2D eigenvalue weighted by molar-refractivity contribution is 14.1. The first kappa shape index (κ1) is 31.8. The molecule has 0 aliphatic carbocycles. The maximum atomic E-state index is 5.88. The van der Waals surface area contributed by atoms with Crippen LogP contribution in [0.1, 0.15) is 49.2 Å². The largest absolute Gasteiger partial charge is 0.494 e. The van der Waals surface area contributed by atoms with Gasteiger partial charge in [-0.3, -0.25) is 3.11 Å². The lowest BCUT2D eigenvalue weighted by Crippen LogP contribution is -2.42. The second-order valence-corrected chi connectivity index (χ2v) is 12.4. The van der Waals surface area contributed by atoms with Crippen molar-refractivity contribution >= 4 is 47.2 Å². The molecule has 0 atom stereocenters. The number of hydrogen-bond donors (Lipinski definition) is 0. The minimum atomic E-state index is 0.527.